The summed E-state index contributed by atoms with van der Waals surface area (Å²) in [6, 6.07) is 23.7. The third-order valence-corrected chi connectivity index (χ3v) is 7.24. The van der Waals surface area contributed by atoms with Crippen LogP contribution in [0.2, 0.25) is 0 Å². The monoisotopic (exact) mass is 920 g/mol. The Morgan fingerprint density at radius 2 is 1.02 bits per heavy atom. The van der Waals surface area contributed by atoms with Crippen LogP contribution < -0.4 is 0 Å². The first-order valence-corrected chi connectivity index (χ1v) is 19.2. The Balaban J connectivity index is 0. The lowest BCUT2D eigenvalue weighted by Gasteiger charge is -2.22. The van der Waals surface area contributed by atoms with Gasteiger partial charge in [0.15, 0.2) is 0 Å². The highest BCUT2D eigenvalue weighted by atomic mass is 127. The van der Waals surface area contributed by atoms with Crippen molar-refractivity contribution >= 4 is 103 Å². The fourth-order valence-corrected chi connectivity index (χ4v) is 4.23. The molecule has 0 atom stereocenters. The molecule has 6 nitrogen and oxygen atoms in total. The Kier molecular flexibility index (Phi) is 24.8. The van der Waals surface area contributed by atoms with Crippen molar-refractivity contribution in [1.29, 1.82) is 0 Å². The maximum absolute atomic E-state index is 11.6. The van der Waals surface area contributed by atoms with Gasteiger partial charge in [-0.1, -0.05) is 169 Å². The summed E-state index contributed by atoms with van der Waals surface area (Å²) in [5.41, 5.74) is 5.28. The van der Waals surface area contributed by atoms with Gasteiger partial charge < -0.3 is 14.2 Å². The Morgan fingerprint density at radius 1 is 0.646 bits per heavy atom. The van der Waals surface area contributed by atoms with E-state index in [-0.39, 0.29) is 17.9 Å². The van der Waals surface area contributed by atoms with Gasteiger partial charge in [-0.25, -0.2) is 0 Å². The molecule has 0 radical (unpaired) electrons. The number of carbonyl (C=O) groups is 3. The fraction of sp³-hybridized carbons (Fsp3) is 0.417. The summed E-state index contributed by atoms with van der Waals surface area (Å²) >= 11 is 24.9. The summed E-state index contributed by atoms with van der Waals surface area (Å²) in [5, 5.41) is 0.790. The van der Waals surface area contributed by atoms with Crippen molar-refractivity contribution in [2.24, 2.45) is 0 Å². The lowest BCUT2D eigenvalue weighted by molar-refractivity contribution is -0.147. The average molecular weight is 923 g/mol. The summed E-state index contributed by atoms with van der Waals surface area (Å²) in [6.07, 6.45) is 0.359. The predicted octanol–water partition coefficient (Wildman–Crippen LogP) is 10.8. The number of esters is 3. The largest absolute Gasteiger partial charge is 0.469 e. The summed E-state index contributed by atoms with van der Waals surface area (Å²) in [5.74, 6) is -0.613. The van der Waals surface area contributed by atoms with Crippen LogP contribution in [-0.2, 0) is 51.2 Å². The highest BCUT2D eigenvalue weighted by Gasteiger charge is 2.31. The molecule has 3 rings (SSSR count). The average Bonchev–Trinajstić information content (AvgIpc) is 3.04. The molecule has 0 amide bonds. The number of methoxy groups -OCH3 is 3. The minimum Gasteiger partial charge on any atom is -0.469 e. The van der Waals surface area contributed by atoms with Crippen LogP contribution in [0.4, 0.5) is 0 Å². The van der Waals surface area contributed by atoms with E-state index in [9.17, 15) is 14.4 Å². The highest BCUT2D eigenvalue weighted by Crippen LogP contribution is 2.30. The smallest absolute Gasteiger partial charge is 0.315 e. The topological polar surface area (TPSA) is 78.9 Å². The van der Waals surface area contributed by atoms with Crippen LogP contribution in [0.25, 0.3) is 0 Å². The van der Waals surface area contributed by atoms with Gasteiger partial charge in [-0.15, -0.1) is 0 Å². The van der Waals surface area contributed by atoms with Crippen molar-refractivity contribution in [1.82, 2.24) is 0 Å². The van der Waals surface area contributed by atoms with E-state index in [4.69, 9.17) is 55.9 Å². The quantitative estimate of drug-likeness (QED) is 0.102. The van der Waals surface area contributed by atoms with Crippen molar-refractivity contribution in [3.63, 3.8) is 0 Å². The number of hydrogen-bond donors (Lipinski definition) is 0. The molecular weight excluding hydrogens is 877 g/mol. The van der Waals surface area contributed by atoms with Crippen LogP contribution in [0, 0.1) is 13.8 Å². The molecule has 0 saturated heterocycles. The van der Waals surface area contributed by atoms with E-state index in [1.54, 1.807) is 0 Å². The van der Waals surface area contributed by atoms with E-state index >= 15 is 0 Å². The van der Waals surface area contributed by atoms with Crippen LogP contribution in [0.1, 0.15) is 61.1 Å². The van der Waals surface area contributed by atoms with Crippen LogP contribution >= 0.6 is 84.9 Å². The molecule has 12 heteroatoms. The molecule has 0 aliphatic carbocycles. The Labute approximate surface area is 328 Å². The van der Waals surface area contributed by atoms with Crippen molar-refractivity contribution in [2.75, 3.05) is 26.3 Å². The molecule has 48 heavy (non-hydrogen) atoms. The van der Waals surface area contributed by atoms with Gasteiger partial charge in [-0.3, -0.25) is 14.4 Å². The molecule has 0 heterocycles. The maximum Gasteiger partial charge on any atom is 0.315 e. The van der Waals surface area contributed by atoms with Gasteiger partial charge in [0.05, 0.1) is 38.6 Å². The zero-order chi connectivity index (χ0) is 37.7. The number of ether oxygens (including phenoxy) is 3. The van der Waals surface area contributed by atoms with Crippen molar-refractivity contribution in [2.45, 2.75) is 67.4 Å². The van der Waals surface area contributed by atoms with E-state index in [1.807, 2.05) is 119 Å². The second-order valence-electron chi connectivity index (χ2n) is 11.1. The summed E-state index contributed by atoms with van der Waals surface area (Å²) < 4.78 is 12.5. The first-order valence-electron chi connectivity index (χ1n) is 14.4. The summed E-state index contributed by atoms with van der Waals surface area (Å²) in [4.78, 5) is 36.0. The molecular formula is C36H46BrCl4IO6. The molecule has 0 fully saturated rings. The van der Waals surface area contributed by atoms with Gasteiger partial charge in [0.25, 0.3) is 3.25 Å². The minimum absolute atomic E-state index is 0.194. The number of hydrogen-bond acceptors (Lipinski definition) is 6. The standard InChI is InChI=1S/C12H15BrO2.C12H16O2.C10H12O2.CCl4.CH3I/c1-12(2,11(14)15-3)10-6-4-5-9(7-10)8-13;1-9-6-5-7-10(8-9)12(2,3)11(13)14-4;1-8-4-3-5-9(6-8)7-10(11)12-2;2-1(3,4)5;1-2/h4-7H,8H2,1-3H3;5-8H,1-4H3;3-6H,7H2,1-2H3;;1H3. The van der Waals surface area contributed by atoms with Crippen molar-refractivity contribution < 1.29 is 28.6 Å². The van der Waals surface area contributed by atoms with Gasteiger partial charge in [0.1, 0.15) is 0 Å². The molecule has 268 valence electrons. The van der Waals surface area contributed by atoms with Gasteiger partial charge in [0, 0.05) is 5.33 Å². The normalized spacial score (nSPS) is 10.5. The minimum atomic E-state index is -1.61. The van der Waals surface area contributed by atoms with Crippen LogP contribution in [0.3, 0.4) is 0 Å². The molecule has 0 N–H and O–H groups in total. The van der Waals surface area contributed by atoms with E-state index in [1.165, 1.54) is 21.3 Å². The molecule has 0 spiro atoms. The Hall–Kier alpha value is -1.56. The summed E-state index contributed by atoms with van der Waals surface area (Å²) in [6.45, 7) is 11.5. The second kappa shape index (κ2) is 24.6. The van der Waals surface area contributed by atoms with Crippen LogP contribution in [-0.4, -0.2) is 47.4 Å². The molecule has 0 saturated carbocycles. The number of benzene rings is 3. The summed E-state index contributed by atoms with van der Waals surface area (Å²) in [7, 11) is 4.23. The molecule has 0 aliphatic rings. The number of rotatable bonds is 7. The molecule has 0 unspecified atom stereocenters. The predicted molar refractivity (Wildman–Crippen MR) is 213 cm³/mol. The van der Waals surface area contributed by atoms with E-state index < -0.39 is 14.1 Å². The van der Waals surface area contributed by atoms with Crippen LogP contribution in [0.5, 0.6) is 0 Å². The molecule has 0 aliphatic heterocycles. The van der Waals surface area contributed by atoms with Crippen molar-refractivity contribution in [3.05, 3.63) is 106 Å². The number of carbonyl (C=O) groups excluding carboxylic acids is 3. The van der Waals surface area contributed by atoms with Gasteiger partial charge >= 0.3 is 17.9 Å². The third-order valence-electron chi connectivity index (χ3n) is 6.59. The number of alkyl halides is 6. The lowest BCUT2D eigenvalue weighted by atomic mass is 9.84. The zero-order valence-electron chi connectivity index (χ0n) is 29.1. The number of aryl methyl sites for hydroxylation is 2. The van der Waals surface area contributed by atoms with E-state index in [2.05, 4.69) is 43.3 Å². The first kappa shape index (κ1) is 48.6. The zero-order valence-corrected chi connectivity index (χ0v) is 35.8. The van der Waals surface area contributed by atoms with Gasteiger partial charge in [-0.2, -0.15) is 0 Å². The first-order chi connectivity index (χ1) is 22.2. The molecule has 0 aromatic heterocycles. The lowest BCUT2D eigenvalue weighted by Crippen LogP contribution is -2.30. The number of halogens is 6. The Bertz CT molecular complexity index is 1400. The third kappa shape index (κ3) is 20.2. The highest BCUT2D eigenvalue weighted by molar-refractivity contribution is 14.1. The van der Waals surface area contributed by atoms with E-state index in [0.29, 0.717) is 6.42 Å². The van der Waals surface area contributed by atoms with Crippen LogP contribution in [0.15, 0.2) is 72.8 Å². The second-order valence-corrected chi connectivity index (χ2v) is 15.1. The molecule has 0 bridgehead atoms. The molecule has 3 aromatic rings. The van der Waals surface area contributed by atoms with Gasteiger partial charge in [0.2, 0.25) is 0 Å². The van der Waals surface area contributed by atoms with E-state index in [0.717, 1.165) is 38.7 Å². The molecule has 3 aromatic carbocycles. The van der Waals surface area contributed by atoms with Crippen molar-refractivity contribution in [3.8, 4) is 0 Å². The van der Waals surface area contributed by atoms with Gasteiger partial charge in [-0.05, 0) is 68.7 Å². The maximum atomic E-state index is 11.6. The SMILES string of the molecule is CI.COC(=O)C(C)(C)c1cccc(C)c1.COC(=O)C(C)(C)c1cccc(CBr)c1.COC(=O)Cc1cccc(C)c1.ClC(Cl)(Cl)Cl. The fourth-order valence-electron chi connectivity index (χ4n) is 3.88. The Morgan fingerprint density at radius 3 is 1.40 bits per heavy atom.